The van der Waals surface area contributed by atoms with Gasteiger partial charge in [-0.2, -0.15) is 0 Å². The SMILES string of the molecule is O=C(CCCN1CCN(c2cccc(Cl)c2Cl)CC1)N1c2ccccc2CCc2ccc(Cl)cc21.O=C(O)C(=O)O. The second-order valence-corrected chi connectivity index (χ2v) is 11.0. The van der Waals surface area contributed by atoms with E-state index in [0.29, 0.717) is 21.5 Å². The van der Waals surface area contributed by atoms with Gasteiger partial charge in [0, 0.05) is 37.6 Å². The molecular formula is C30H30Cl3N3O5. The molecule has 1 fully saturated rings. The molecule has 0 aromatic heterocycles. The van der Waals surface area contributed by atoms with Crippen molar-refractivity contribution in [3.63, 3.8) is 0 Å². The number of carbonyl (C=O) groups is 3. The first kappa shape index (κ1) is 30.7. The summed E-state index contributed by atoms with van der Waals surface area (Å²) in [6.45, 7) is 4.53. The second-order valence-electron chi connectivity index (χ2n) is 9.75. The number of carbonyl (C=O) groups excluding carboxylic acids is 1. The molecule has 3 aromatic carbocycles. The number of anilines is 3. The van der Waals surface area contributed by atoms with E-state index in [4.69, 9.17) is 54.6 Å². The number of carboxylic acids is 2. The third-order valence-corrected chi connectivity index (χ3v) is 8.17. The molecule has 1 saturated heterocycles. The number of nitrogens with zero attached hydrogens (tertiary/aromatic N) is 3. The van der Waals surface area contributed by atoms with Gasteiger partial charge in [-0.15, -0.1) is 0 Å². The number of fused-ring (bicyclic) bond motifs is 2. The number of aryl methyl sites for hydroxylation is 2. The van der Waals surface area contributed by atoms with E-state index in [1.807, 2.05) is 53.4 Å². The molecule has 0 aliphatic carbocycles. The highest BCUT2D eigenvalue weighted by Crippen LogP contribution is 2.38. The van der Waals surface area contributed by atoms with E-state index in [9.17, 15) is 4.79 Å². The smallest absolute Gasteiger partial charge is 0.414 e. The molecule has 0 unspecified atom stereocenters. The molecule has 0 radical (unpaired) electrons. The molecule has 0 saturated carbocycles. The molecular weight excluding hydrogens is 589 g/mol. The Morgan fingerprint density at radius 1 is 0.732 bits per heavy atom. The van der Waals surface area contributed by atoms with Gasteiger partial charge in [-0.05, 0) is 67.3 Å². The first-order chi connectivity index (χ1) is 19.7. The maximum atomic E-state index is 13.6. The molecule has 3 aromatic rings. The fraction of sp³-hybridized carbons (Fsp3) is 0.300. The monoisotopic (exact) mass is 617 g/mol. The fourth-order valence-electron chi connectivity index (χ4n) is 5.08. The average Bonchev–Trinajstić information content (AvgIpc) is 3.12. The number of rotatable bonds is 5. The Morgan fingerprint density at radius 2 is 1.37 bits per heavy atom. The van der Waals surface area contributed by atoms with Crippen LogP contribution in [0.1, 0.15) is 24.0 Å². The van der Waals surface area contributed by atoms with E-state index < -0.39 is 11.9 Å². The van der Waals surface area contributed by atoms with E-state index in [0.717, 1.165) is 74.6 Å². The summed E-state index contributed by atoms with van der Waals surface area (Å²) in [6.07, 6.45) is 3.11. The third-order valence-electron chi connectivity index (χ3n) is 7.13. The second kappa shape index (κ2) is 14.0. The van der Waals surface area contributed by atoms with Gasteiger partial charge in [-0.1, -0.05) is 65.1 Å². The van der Waals surface area contributed by atoms with Crippen LogP contribution in [0.15, 0.2) is 60.7 Å². The predicted octanol–water partition coefficient (Wildman–Crippen LogP) is 6.17. The molecule has 0 spiro atoms. The molecule has 0 bridgehead atoms. The number of aliphatic carboxylic acids is 2. The van der Waals surface area contributed by atoms with E-state index in [-0.39, 0.29) is 5.91 Å². The van der Waals surface area contributed by atoms with Crippen LogP contribution in [0.5, 0.6) is 0 Å². The lowest BCUT2D eigenvalue weighted by Crippen LogP contribution is -2.46. The Kier molecular flexibility index (Phi) is 10.5. The topological polar surface area (TPSA) is 101 Å². The van der Waals surface area contributed by atoms with Crippen LogP contribution >= 0.6 is 34.8 Å². The van der Waals surface area contributed by atoms with Gasteiger partial charge in [-0.25, -0.2) is 9.59 Å². The standard InChI is InChI=1S/C28H28Cl3N3O.C2H2O4/c29-22-13-12-21-11-10-20-5-1-2-7-24(20)34(26(21)19-22)27(35)9-4-14-32-15-17-33(18-16-32)25-8-3-6-23(30)28(25)31;3-1(4)2(5)6/h1-3,5-8,12-13,19H,4,9-11,14-18H2;(H,3,4)(H,5,6). The summed E-state index contributed by atoms with van der Waals surface area (Å²) < 4.78 is 0. The zero-order valence-electron chi connectivity index (χ0n) is 22.2. The van der Waals surface area contributed by atoms with Gasteiger partial charge >= 0.3 is 11.9 Å². The third kappa shape index (κ3) is 7.71. The molecule has 2 heterocycles. The van der Waals surface area contributed by atoms with Crippen molar-refractivity contribution in [3.8, 4) is 0 Å². The first-order valence-corrected chi connectivity index (χ1v) is 14.4. The number of para-hydroxylation sites is 1. The van der Waals surface area contributed by atoms with Crippen molar-refractivity contribution in [2.45, 2.75) is 25.7 Å². The van der Waals surface area contributed by atoms with Crippen LogP contribution in [0.3, 0.4) is 0 Å². The van der Waals surface area contributed by atoms with Crippen LogP contribution < -0.4 is 9.80 Å². The molecule has 2 aliphatic rings. The molecule has 2 N–H and O–H groups in total. The van der Waals surface area contributed by atoms with Crippen LogP contribution in [-0.2, 0) is 27.2 Å². The average molecular weight is 619 g/mol. The van der Waals surface area contributed by atoms with Crippen molar-refractivity contribution in [3.05, 3.63) is 86.9 Å². The van der Waals surface area contributed by atoms with E-state index in [1.165, 1.54) is 5.56 Å². The predicted molar refractivity (Wildman–Crippen MR) is 162 cm³/mol. The molecule has 11 heteroatoms. The number of benzene rings is 3. The summed E-state index contributed by atoms with van der Waals surface area (Å²) in [7, 11) is 0. The van der Waals surface area contributed by atoms with Gasteiger partial charge in [-0.3, -0.25) is 14.6 Å². The normalized spacial score (nSPS) is 14.7. The lowest BCUT2D eigenvalue weighted by Gasteiger charge is -2.36. The van der Waals surface area contributed by atoms with Crippen molar-refractivity contribution in [1.29, 1.82) is 0 Å². The molecule has 0 atom stereocenters. The van der Waals surface area contributed by atoms with E-state index in [1.54, 1.807) is 0 Å². The summed E-state index contributed by atoms with van der Waals surface area (Å²) in [5, 5.41) is 16.6. The molecule has 41 heavy (non-hydrogen) atoms. The highest BCUT2D eigenvalue weighted by atomic mass is 35.5. The first-order valence-electron chi connectivity index (χ1n) is 13.2. The van der Waals surface area contributed by atoms with Crippen LogP contribution in [0.2, 0.25) is 15.1 Å². The molecule has 5 rings (SSSR count). The van der Waals surface area contributed by atoms with Gasteiger partial charge < -0.3 is 15.1 Å². The number of hydrogen-bond donors (Lipinski definition) is 2. The summed E-state index contributed by atoms with van der Waals surface area (Å²) in [4.78, 5) is 38.4. The molecule has 2 aliphatic heterocycles. The highest BCUT2D eigenvalue weighted by Gasteiger charge is 2.26. The Morgan fingerprint density at radius 3 is 2.05 bits per heavy atom. The van der Waals surface area contributed by atoms with Crippen LogP contribution in [0.4, 0.5) is 17.1 Å². The Labute approximate surface area is 253 Å². The van der Waals surface area contributed by atoms with Gasteiger partial charge in [0.15, 0.2) is 0 Å². The van der Waals surface area contributed by atoms with Crippen LogP contribution in [-0.4, -0.2) is 65.7 Å². The molecule has 8 nitrogen and oxygen atoms in total. The zero-order chi connectivity index (χ0) is 29.5. The lowest BCUT2D eigenvalue weighted by atomic mass is 10.0. The highest BCUT2D eigenvalue weighted by molar-refractivity contribution is 6.43. The van der Waals surface area contributed by atoms with Crippen molar-refractivity contribution in [2.75, 3.05) is 42.5 Å². The number of hydrogen-bond acceptors (Lipinski definition) is 5. The largest absolute Gasteiger partial charge is 0.473 e. The van der Waals surface area contributed by atoms with Crippen molar-refractivity contribution < 1.29 is 24.6 Å². The van der Waals surface area contributed by atoms with Crippen LogP contribution in [0.25, 0.3) is 0 Å². The zero-order valence-corrected chi connectivity index (χ0v) is 24.5. The van der Waals surface area contributed by atoms with E-state index in [2.05, 4.69) is 21.9 Å². The minimum atomic E-state index is -1.82. The summed E-state index contributed by atoms with van der Waals surface area (Å²) in [5.41, 5.74) is 5.25. The van der Waals surface area contributed by atoms with Crippen molar-refractivity contribution >= 4 is 69.7 Å². The number of carboxylic acid groups (broad SMARTS) is 2. The van der Waals surface area contributed by atoms with Gasteiger partial charge in [0.25, 0.3) is 0 Å². The fourth-order valence-corrected chi connectivity index (χ4v) is 5.66. The van der Waals surface area contributed by atoms with Crippen LogP contribution in [0, 0.1) is 0 Å². The van der Waals surface area contributed by atoms with Gasteiger partial charge in [0.05, 0.1) is 27.1 Å². The van der Waals surface area contributed by atoms with Crippen molar-refractivity contribution in [2.24, 2.45) is 0 Å². The Balaban J connectivity index is 0.000000585. The lowest BCUT2D eigenvalue weighted by molar-refractivity contribution is -0.159. The number of halogens is 3. The van der Waals surface area contributed by atoms with Gasteiger partial charge in [0.2, 0.25) is 5.91 Å². The summed E-state index contributed by atoms with van der Waals surface area (Å²) >= 11 is 18.9. The summed E-state index contributed by atoms with van der Waals surface area (Å²) in [5.74, 6) is -3.53. The Hall–Kier alpha value is -3.30. The minimum absolute atomic E-state index is 0.118. The minimum Gasteiger partial charge on any atom is -0.473 e. The molecule has 1 amide bonds. The molecule has 216 valence electrons. The van der Waals surface area contributed by atoms with E-state index >= 15 is 0 Å². The Bertz CT molecular complexity index is 1410. The van der Waals surface area contributed by atoms with Crippen molar-refractivity contribution in [1.82, 2.24) is 4.90 Å². The maximum absolute atomic E-state index is 13.6. The quantitative estimate of drug-likeness (QED) is 0.330. The summed E-state index contributed by atoms with van der Waals surface area (Å²) in [6, 6.07) is 19.9. The number of piperazine rings is 1. The maximum Gasteiger partial charge on any atom is 0.414 e. The number of amides is 1. The van der Waals surface area contributed by atoms with Gasteiger partial charge in [0.1, 0.15) is 0 Å².